The van der Waals surface area contributed by atoms with Crippen molar-refractivity contribution in [3.05, 3.63) is 65.7 Å². The van der Waals surface area contributed by atoms with Crippen LogP contribution in [0.15, 0.2) is 54.6 Å². The maximum absolute atomic E-state index is 12.9. The van der Waals surface area contributed by atoms with Crippen molar-refractivity contribution in [3.63, 3.8) is 0 Å². The topological polar surface area (TPSA) is 105 Å². The van der Waals surface area contributed by atoms with E-state index >= 15 is 0 Å². The first-order valence-corrected chi connectivity index (χ1v) is 9.82. The minimum absolute atomic E-state index is 0. The number of likely N-dealkylation sites (tertiary alicyclic amines) is 1. The summed E-state index contributed by atoms with van der Waals surface area (Å²) in [6, 6.07) is 15.9. The summed E-state index contributed by atoms with van der Waals surface area (Å²) in [5.74, 6) is -0.855. The molecule has 2 aromatic carbocycles. The Bertz CT molecular complexity index is 876. The van der Waals surface area contributed by atoms with Crippen molar-refractivity contribution in [2.24, 2.45) is 11.7 Å². The predicted octanol–water partition coefficient (Wildman–Crippen LogP) is 2.29. The molecule has 2 aromatic rings. The van der Waals surface area contributed by atoms with Gasteiger partial charge in [-0.05, 0) is 37.1 Å². The summed E-state index contributed by atoms with van der Waals surface area (Å²) in [5, 5.41) is 5.58. The molecule has 0 aliphatic carbocycles. The molecule has 160 valence electrons. The summed E-state index contributed by atoms with van der Waals surface area (Å²) >= 11 is 0. The Hall–Kier alpha value is -2.90. The fourth-order valence-electron chi connectivity index (χ4n) is 3.44. The van der Waals surface area contributed by atoms with Crippen LogP contribution in [-0.4, -0.2) is 48.8 Å². The number of halogens is 1. The third-order valence-corrected chi connectivity index (χ3v) is 4.96. The minimum Gasteiger partial charge on any atom is -0.351 e. The van der Waals surface area contributed by atoms with E-state index in [-0.39, 0.29) is 36.0 Å². The first-order chi connectivity index (χ1) is 14.1. The monoisotopic (exact) mass is 430 g/mol. The molecule has 0 bridgehead atoms. The number of rotatable bonds is 6. The van der Waals surface area contributed by atoms with Gasteiger partial charge in [0.05, 0.1) is 17.2 Å². The third-order valence-electron chi connectivity index (χ3n) is 4.96. The molecule has 1 fully saturated rings. The molecular formula is C22H27ClN4O3. The first-order valence-electron chi connectivity index (χ1n) is 9.82. The van der Waals surface area contributed by atoms with Crippen LogP contribution in [0.25, 0.3) is 0 Å². The van der Waals surface area contributed by atoms with Gasteiger partial charge in [-0.2, -0.15) is 0 Å². The second-order valence-electron chi connectivity index (χ2n) is 7.04. The van der Waals surface area contributed by atoms with Crippen LogP contribution in [0.3, 0.4) is 0 Å². The lowest BCUT2D eigenvalue weighted by Crippen LogP contribution is -2.43. The lowest BCUT2D eigenvalue weighted by atomic mass is 9.96. The zero-order chi connectivity index (χ0) is 20.6. The SMILES string of the molecule is Cl.NCCNC(=O)c1ccccc1NC(=O)C1CCCN(C(=O)c2ccccc2)C1. The Labute approximate surface area is 182 Å². The zero-order valence-electron chi connectivity index (χ0n) is 16.7. The van der Waals surface area contributed by atoms with Gasteiger partial charge in [-0.3, -0.25) is 14.4 Å². The van der Waals surface area contributed by atoms with Crippen molar-refractivity contribution < 1.29 is 14.4 Å². The van der Waals surface area contributed by atoms with Crippen LogP contribution < -0.4 is 16.4 Å². The first kappa shape index (κ1) is 23.4. The second-order valence-corrected chi connectivity index (χ2v) is 7.04. The summed E-state index contributed by atoms with van der Waals surface area (Å²) in [5.41, 5.74) is 6.90. The summed E-state index contributed by atoms with van der Waals surface area (Å²) in [4.78, 5) is 39.6. The Morgan fingerprint density at radius 2 is 1.73 bits per heavy atom. The number of anilines is 1. The number of hydrogen-bond donors (Lipinski definition) is 3. The number of amides is 3. The molecule has 0 spiro atoms. The highest BCUT2D eigenvalue weighted by Crippen LogP contribution is 2.22. The number of nitrogens with zero attached hydrogens (tertiary/aromatic N) is 1. The van der Waals surface area contributed by atoms with E-state index in [1.165, 1.54) is 0 Å². The smallest absolute Gasteiger partial charge is 0.253 e. The second kappa shape index (κ2) is 11.3. The van der Waals surface area contributed by atoms with Crippen molar-refractivity contribution in [1.29, 1.82) is 0 Å². The van der Waals surface area contributed by atoms with Gasteiger partial charge in [0.1, 0.15) is 0 Å². The highest BCUT2D eigenvalue weighted by atomic mass is 35.5. The lowest BCUT2D eigenvalue weighted by molar-refractivity contribution is -0.121. The summed E-state index contributed by atoms with van der Waals surface area (Å²) in [6.45, 7) is 1.70. The number of nitrogens with two attached hydrogens (primary N) is 1. The van der Waals surface area contributed by atoms with Crippen LogP contribution >= 0.6 is 12.4 Å². The fraction of sp³-hybridized carbons (Fsp3) is 0.318. The van der Waals surface area contributed by atoms with Crippen molar-refractivity contribution in [3.8, 4) is 0 Å². The van der Waals surface area contributed by atoms with Crippen LogP contribution in [-0.2, 0) is 4.79 Å². The van der Waals surface area contributed by atoms with Crippen molar-refractivity contribution >= 4 is 35.8 Å². The van der Waals surface area contributed by atoms with Crippen molar-refractivity contribution in [1.82, 2.24) is 10.2 Å². The molecule has 0 radical (unpaired) electrons. The number of nitrogens with one attached hydrogen (secondary N) is 2. The molecule has 3 amide bonds. The maximum Gasteiger partial charge on any atom is 0.253 e. The maximum atomic E-state index is 12.9. The van der Waals surface area contributed by atoms with E-state index in [1.54, 1.807) is 41.3 Å². The summed E-state index contributed by atoms with van der Waals surface area (Å²) in [7, 11) is 0. The largest absolute Gasteiger partial charge is 0.351 e. The molecule has 1 unspecified atom stereocenters. The van der Waals surface area contributed by atoms with Gasteiger partial charge in [0.25, 0.3) is 11.8 Å². The van der Waals surface area contributed by atoms with Gasteiger partial charge >= 0.3 is 0 Å². The summed E-state index contributed by atoms with van der Waals surface area (Å²) in [6.07, 6.45) is 1.46. The fourth-order valence-corrected chi connectivity index (χ4v) is 3.44. The van der Waals surface area contributed by atoms with Crippen molar-refractivity contribution in [2.45, 2.75) is 12.8 Å². The van der Waals surface area contributed by atoms with Crippen LogP contribution in [0.5, 0.6) is 0 Å². The molecule has 0 aromatic heterocycles. The Morgan fingerprint density at radius 3 is 2.47 bits per heavy atom. The molecule has 1 saturated heterocycles. The Morgan fingerprint density at radius 1 is 1.03 bits per heavy atom. The molecule has 4 N–H and O–H groups in total. The molecule has 1 heterocycles. The van der Waals surface area contributed by atoms with Gasteiger partial charge in [0, 0.05) is 31.7 Å². The predicted molar refractivity (Wildman–Crippen MR) is 119 cm³/mol. The third kappa shape index (κ3) is 5.81. The molecule has 1 aliphatic heterocycles. The normalized spacial score (nSPS) is 15.6. The van der Waals surface area contributed by atoms with Crippen LogP contribution in [0.4, 0.5) is 5.69 Å². The van der Waals surface area contributed by atoms with E-state index in [9.17, 15) is 14.4 Å². The lowest BCUT2D eigenvalue weighted by Gasteiger charge is -2.32. The number of carbonyl (C=O) groups is 3. The summed E-state index contributed by atoms with van der Waals surface area (Å²) < 4.78 is 0. The van der Waals surface area contributed by atoms with Gasteiger partial charge in [-0.25, -0.2) is 0 Å². The van der Waals surface area contributed by atoms with Crippen LogP contribution in [0.1, 0.15) is 33.6 Å². The average molecular weight is 431 g/mol. The van der Waals surface area contributed by atoms with E-state index in [4.69, 9.17) is 5.73 Å². The molecule has 0 saturated carbocycles. The van der Waals surface area contributed by atoms with Gasteiger partial charge in [-0.15, -0.1) is 12.4 Å². The minimum atomic E-state index is -0.323. The van der Waals surface area contributed by atoms with Gasteiger partial charge in [0.15, 0.2) is 0 Å². The molecule has 8 heteroatoms. The molecule has 30 heavy (non-hydrogen) atoms. The Kier molecular flexibility index (Phi) is 8.83. The van der Waals surface area contributed by atoms with E-state index in [0.717, 1.165) is 6.42 Å². The van der Waals surface area contributed by atoms with E-state index in [1.807, 2.05) is 18.2 Å². The van der Waals surface area contributed by atoms with Gasteiger partial charge < -0.3 is 21.3 Å². The van der Waals surface area contributed by atoms with E-state index < -0.39 is 0 Å². The van der Waals surface area contributed by atoms with Crippen LogP contribution in [0.2, 0.25) is 0 Å². The number of benzene rings is 2. The van der Waals surface area contributed by atoms with Gasteiger partial charge in [-0.1, -0.05) is 30.3 Å². The molecule has 3 rings (SSSR count). The zero-order valence-corrected chi connectivity index (χ0v) is 17.5. The number of piperidine rings is 1. The molecule has 1 aliphatic rings. The van der Waals surface area contributed by atoms with E-state index in [0.29, 0.717) is 49.4 Å². The van der Waals surface area contributed by atoms with Gasteiger partial charge in [0.2, 0.25) is 5.91 Å². The average Bonchev–Trinajstić information content (AvgIpc) is 2.78. The highest BCUT2D eigenvalue weighted by molar-refractivity contribution is 6.04. The standard InChI is InChI=1S/C22H26N4O3.ClH/c23-12-13-24-21(28)18-10-4-5-11-19(18)25-20(27)17-9-6-14-26(15-17)22(29)16-7-2-1-3-8-16;/h1-5,7-8,10-11,17H,6,9,12-15,23H2,(H,24,28)(H,25,27);1H. The highest BCUT2D eigenvalue weighted by Gasteiger charge is 2.29. The van der Waals surface area contributed by atoms with Crippen molar-refractivity contribution in [2.75, 3.05) is 31.5 Å². The quantitative estimate of drug-likeness (QED) is 0.653. The Balaban J connectivity index is 0.00000320. The van der Waals surface area contributed by atoms with E-state index in [2.05, 4.69) is 10.6 Å². The molecule has 7 nitrogen and oxygen atoms in total. The number of hydrogen-bond acceptors (Lipinski definition) is 4. The van der Waals surface area contributed by atoms with Crippen LogP contribution in [0, 0.1) is 5.92 Å². The number of para-hydroxylation sites is 1. The molecular weight excluding hydrogens is 404 g/mol. The molecule has 1 atom stereocenters. The number of carbonyl (C=O) groups excluding carboxylic acids is 3.